The number of rotatable bonds is 6. The van der Waals surface area contributed by atoms with Gasteiger partial charge in [-0.25, -0.2) is 4.98 Å². The predicted octanol–water partition coefficient (Wildman–Crippen LogP) is 12.7. The van der Waals surface area contributed by atoms with Crippen molar-refractivity contribution in [1.82, 2.24) is 24.1 Å². The molecule has 0 amide bonds. The molecule has 3 aromatic heterocycles. The molecule has 0 saturated carbocycles. The summed E-state index contributed by atoms with van der Waals surface area (Å²) in [5.74, 6) is -0.649. The highest BCUT2D eigenvalue weighted by atomic mass is 15.2. The molecule has 5 nitrogen and oxygen atoms in total. The van der Waals surface area contributed by atoms with Crippen molar-refractivity contribution in [3.63, 3.8) is 0 Å². The summed E-state index contributed by atoms with van der Waals surface area (Å²) >= 11 is 0. The molecule has 0 aliphatic rings. The lowest BCUT2D eigenvalue weighted by molar-refractivity contribution is 0.951. The first-order valence-electron chi connectivity index (χ1n) is 27.2. The van der Waals surface area contributed by atoms with Crippen LogP contribution in [0.1, 0.15) is 27.4 Å². The molecule has 0 N–H and O–H groups in total. The Morgan fingerprint density at radius 2 is 0.893 bits per heavy atom. The van der Waals surface area contributed by atoms with E-state index in [1.54, 1.807) is 24.3 Å². The quantitative estimate of drug-likeness (QED) is 0.171. The Bertz CT molecular complexity index is 4300. The Labute approximate surface area is 351 Å². The van der Waals surface area contributed by atoms with Crippen molar-refractivity contribution in [3.05, 3.63) is 200 Å². The van der Waals surface area contributed by atoms with Gasteiger partial charge in [0.15, 0.2) is 11.6 Å². The minimum absolute atomic E-state index is 0.00368. The average Bonchev–Trinajstić information content (AvgIpc) is 4.03. The summed E-state index contributed by atoms with van der Waals surface area (Å²) in [6.45, 7) is 0. The highest BCUT2D eigenvalue weighted by Crippen LogP contribution is 2.38. The lowest BCUT2D eigenvalue weighted by atomic mass is 10.0. The fourth-order valence-corrected chi connectivity index (χ4v) is 6.89. The maximum atomic E-state index is 9.68. The van der Waals surface area contributed by atoms with Crippen LogP contribution < -0.4 is 0 Å². The van der Waals surface area contributed by atoms with Crippen LogP contribution in [0.4, 0.5) is 0 Å². The second-order valence-corrected chi connectivity index (χ2v) is 12.6. The van der Waals surface area contributed by atoms with Crippen molar-refractivity contribution in [2.75, 3.05) is 0 Å². The van der Waals surface area contributed by atoms with E-state index in [1.165, 1.54) is 16.7 Å². The number of aromatic nitrogens is 5. The van der Waals surface area contributed by atoms with E-state index in [9.17, 15) is 9.60 Å². The van der Waals surface area contributed by atoms with Crippen LogP contribution in [-0.2, 0) is 0 Å². The molecule has 0 spiro atoms. The van der Waals surface area contributed by atoms with Gasteiger partial charge in [-0.3, -0.25) is 4.57 Å². The largest absolute Gasteiger partial charge is 0.309 e. The monoisotopic (exact) mass is 735 g/mol. The predicted molar refractivity (Wildman–Crippen MR) is 230 cm³/mol. The van der Waals surface area contributed by atoms with E-state index in [-0.39, 0.29) is 72.5 Å². The minimum Gasteiger partial charge on any atom is -0.309 e. The van der Waals surface area contributed by atoms with E-state index in [0.717, 1.165) is 15.7 Å². The second kappa shape index (κ2) is 13.0. The van der Waals surface area contributed by atoms with Gasteiger partial charge in [-0.05, 0) is 64.6 Å². The second-order valence-electron chi connectivity index (χ2n) is 12.6. The van der Waals surface area contributed by atoms with E-state index >= 15 is 0 Å². The zero-order valence-corrected chi connectivity index (χ0v) is 28.7. The first-order valence-corrected chi connectivity index (χ1v) is 17.2. The molecule has 0 bridgehead atoms. The van der Waals surface area contributed by atoms with Crippen LogP contribution in [0.15, 0.2) is 200 Å². The van der Waals surface area contributed by atoms with Crippen LogP contribution in [0.3, 0.4) is 0 Å². The van der Waals surface area contributed by atoms with Gasteiger partial charge in [0.25, 0.3) is 0 Å². The number of benzene rings is 8. The van der Waals surface area contributed by atoms with Crippen LogP contribution in [-0.4, -0.2) is 24.1 Å². The number of hydrogen-bond donors (Lipinski definition) is 0. The van der Waals surface area contributed by atoms with Gasteiger partial charge in [-0.2, -0.15) is 9.97 Å². The van der Waals surface area contributed by atoms with Crippen LogP contribution in [0, 0.1) is 0 Å². The highest BCUT2D eigenvalue weighted by Gasteiger charge is 2.21. The molecule has 5 heteroatoms. The normalized spacial score (nSPS) is 16.6. The van der Waals surface area contributed by atoms with E-state index < -0.39 is 132 Å². The summed E-state index contributed by atoms with van der Waals surface area (Å²) in [6.07, 6.45) is 0. The molecule has 0 atom stereocenters. The van der Waals surface area contributed by atoms with Gasteiger partial charge in [0, 0.05) is 32.7 Å². The third kappa shape index (κ3) is 5.21. The van der Waals surface area contributed by atoms with Crippen LogP contribution in [0.5, 0.6) is 0 Å². The molecule has 56 heavy (non-hydrogen) atoms. The summed E-state index contributed by atoms with van der Waals surface area (Å²) in [4.78, 5) is 14.7. The third-order valence-corrected chi connectivity index (χ3v) is 9.40. The summed E-state index contributed by atoms with van der Waals surface area (Å²) in [5.41, 5.74) is -0.152. The molecule has 0 unspecified atom stereocenters. The third-order valence-electron chi connectivity index (χ3n) is 9.40. The molecule has 262 valence electrons. The Kier molecular flexibility index (Phi) is 4.12. The van der Waals surface area contributed by atoms with E-state index in [1.807, 2.05) is 42.5 Å². The molecular formula is C51H33N5. The van der Waals surface area contributed by atoms with Crippen molar-refractivity contribution in [1.29, 1.82) is 0 Å². The number of fused-ring (bicyclic) bond motifs is 6. The maximum Gasteiger partial charge on any atom is 0.238 e. The first kappa shape index (κ1) is 17.7. The van der Waals surface area contributed by atoms with E-state index in [4.69, 9.17) is 32.8 Å². The lowest BCUT2D eigenvalue weighted by Gasteiger charge is -2.15. The number of nitrogens with zero attached hydrogens (tertiary/aromatic N) is 5. The molecule has 11 rings (SSSR count). The van der Waals surface area contributed by atoms with Gasteiger partial charge < -0.3 is 4.57 Å². The molecule has 0 aliphatic carbocycles. The highest BCUT2D eigenvalue weighted by molar-refractivity contribution is 6.11. The molecule has 0 saturated heterocycles. The molecular weight excluding hydrogens is 683 g/mol. The molecule has 0 aliphatic heterocycles. The van der Waals surface area contributed by atoms with Crippen LogP contribution in [0.2, 0.25) is 0 Å². The Morgan fingerprint density at radius 3 is 1.61 bits per heavy atom. The topological polar surface area (TPSA) is 48.5 Å². The van der Waals surface area contributed by atoms with Gasteiger partial charge in [0.2, 0.25) is 5.95 Å². The zero-order valence-electron chi connectivity index (χ0n) is 48.7. The SMILES string of the molecule is [2H]c1c([2H])c([2H])c(-c2c([2H])c([2H])c3c(c2[2H])c2c([2H])c([2H])c([2H])c([2H])c2n3-c2ccccc2-c2nc(-c3ccc(-c4ccccc4)cc3)nc(-n3c4c([2H])c([2H])c([2H])c([2H])c4c4c([2H])c([2H])c([2H])c([2H])c43)n2)c([2H])c1[2H]. The Balaban J connectivity index is 1.29. The Hall–Kier alpha value is -7.63. The fraction of sp³-hybridized carbons (Fsp3) is 0. The van der Waals surface area contributed by atoms with E-state index in [2.05, 4.69) is 0 Å². The zero-order chi connectivity index (χ0) is 54.4. The van der Waals surface area contributed by atoms with Crippen molar-refractivity contribution < 1.29 is 27.4 Å². The Morgan fingerprint density at radius 1 is 0.357 bits per heavy atom. The molecule has 0 radical (unpaired) electrons. The fourth-order valence-electron chi connectivity index (χ4n) is 6.89. The summed E-state index contributed by atoms with van der Waals surface area (Å²) in [6, 6.07) is 8.83. The average molecular weight is 736 g/mol. The van der Waals surface area contributed by atoms with Crippen molar-refractivity contribution in [3.8, 4) is 56.7 Å². The molecule has 8 aromatic carbocycles. The standard InChI is InChI=1S/C51H33N5/c1-3-15-34(16-4-1)36-27-29-37(30-28-36)49-52-50(54-51(53-49)56-45-24-12-7-19-39(45)40-20-8-13-25-46(40)56)42-22-10-14-26-47(42)55-44-23-11-9-21-41(44)43-33-38(31-32-48(43)55)35-17-5-2-6-18-35/h1-33H/i2D,5D,6D,7D,8D,9D,11D,12D,13D,17D,18D,19D,20D,21D,23D,24D,25D,31D,32D,33D. The summed E-state index contributed by atoms with van der Waals surface area (Å²) < 4.78 is 181. The van der Waals surface area contributed by atoms with Crippen LogP contribution in [0.25, 0.3) is 100 Å². The summed E-state index contributed by atoms with van der Waals surface area (Å²) in [5, 5.41) is -1.10. The minimum atomic E-state index is -0.774. The van der Waals surface area contributed by atoms with Gasteiger partial charge in [-0.1, -0.05) is 157 Å². The lowest BCUT2D eigenvalue weighted by Crippen LogP contribution is -2.07. The number of hydrogen-bond acceptors (Lipinski definition) is 3. The number of para-hydroxylation sites is 4. The summed E-state index contributed by atoms with van der Waals surface area (Å²) in [7, 11) is 0. The van der Waals surface area contributed by atoms with Crippen molar-refractivity contribution >= 4 is 43.6 Å². The van der Waals surface area contributed by atoms with Gasteiger partial charge in [0.1, 0.15) is 0 Å². The molecule has 11 aromatic rings. The first-order chi connectivity index (χ1) is 36.1. The van der Waals surface area contributed by atoms with Gasteiger partial charge in [0.05, 0.1) is 55.2 Å². The smallest absolute Gasteiger partial charge is 0.238 e. The molecule has 3 heterocycles. The van der Waals surface area contributed by atoms with Gasteiger partial charge in [-0.15, -0.1) is 0 Å². The van der Waals surface area contributed by atoms with Crippen LogP contribution >= 0.6 is 0 Å². The van der Waals surface area contributed by atoms with Crippen molar-refractivity contribution in [2.24, 2.45) is 0 Å². The van der Waals surface area contributed by atoms with E-state index in [0.29, 0.717) is 5.56 Å². The van der Waals surface area contributed by atoms with Gasteiger partial charge >= 0.3 is 0 Å². The molecule has 0 fully saturated rings. The van der Waals surface area contributed by atoms with Crippen molar-refractivity contribution in [2.45, 2.75) is 0 Å². The maximum absolute atomic E-state index is 9.68.